The van der Waals surface area contributed by atoms with E-state index in [1.54, 1.807) is 12.1 Å². The van der Waals surface area contributed by atoms with Gasteiger partial charge in [0, 0.05) is 12.7 Å². The Kier molecular flexibility index (Phi) is 2.19. The van der Waals surface area contributed by atoms with Gasteiger partial charge in [-0.2, -0.15) is 0 Å². The summed E-state index contributed by atoms with van der Waals surface area (Å²) in [5.74, 6) is -0.193. The molecular formula is C10H12FNO. The zero-order valence-electron chi connectivity index (χ0n) is 7.53. The summed E-state index contributed by atoms with van der Waals surface area (Å²) in [5.41, 5.74) is 1.04. The van der Waals surface area contributed by atoms with Crippen LogP contribution in [-0.4, -0.2) is 26.3 Å². The SMILES string of the molecule is CN(c1ccc(F)cc1)C1COC1. The Morgan fingerprint density at radius 1 is 1.31 bits per heavy atom. The highest BCUT2D eigenvalue weighted by Crippen LogP contribution is 2.19. The number of hydrogen-bond donors (Lipinski definition) is 0. The van der Waals surface area contributed by atoms with E-state index in [-0.39, 0.29) is 5.82 Å². The molecule has 2 rings (SSSR count). The predicted molar refractivity (Wildman–Crippen MR) is 49.4 cm³/mol. The Balaban J connectivity index is 2.10. The minimum Gasteiger partial charge on any atom is -0.377 e. The average Bonchev–Trinajstić information content (AvgIpc) is 2.02. The predicted octanol–water partition coefficient (Wildman–Crippen LogP) is 1.66. The molecule has 0 unspecified atom stereocenters. The molecule has 1 aromatic rings. The minimum absolute atomic E-state index is 0.193. The molecule has 13 heavy (non-hydrogen) atoms. The van der Waals surface area contributed by atoms with Crippen LogP contribution in [0.2, 0.25) is 0 Å². The van der Waals surface area contributed by atoms with Gasteiger partial charge in [0.25, 0.3) is 0 Å². The van der Waals surface area contributed by atoms with Crippen LogP contribution in [0.1, 0.15) is 0 Å². The van der Waals surface area contributed by atoms with Gasteiger partial charge < -0.3 is 9.64 Å². The summed E-state index contributed by atoms with van der Waals surface area (Å²) < 4.78 is 17.7. The molecule has 1 aromatic carbocycles. The molecule has 0 N–H and O–H groups in total. The van der Waals surface area contributed by atoms with E-state index >= 15 is 0 Å². The van der Waals surface area contributed by atoms with Crippen LogP contribution in [0.5, 0.6) is 0 Å². The van der Waals surface area contributed by atoms with Gasteiger partial charge in [-0.05, 0) is 24.3 Å². The number of halogens is 1. The molecule has 0 atom stereocenters. The number of likely N-dealkylation sites (N-methyl/N-ethyl adjacent to an activating group) is 1. The largest absolute Gasteiger partial charge is 0.377 e. The Bertz CT molecular complexity index is 281. The molecular weight excluding hydrogens is 169 g/mol. The second-order valence-corrected chi connectivity index (χ2v) is 3.28. The fourth-order valence-electron chi connectivity index (χ4n) is 1.33. The Labute approximate surface area is 76.9 Å². The van der Waals surface area contributed by atoms with E-state index in [9.17, 15) is 4.39 Å². The molecule has 0 saturated carbocycles. The van der Waals surface area contributed by atoms with Gasteiger partial charge in [-0.15, -0.1) is 0 Å². The maximum absolute atomic E-state index is 12.6. The van der Waals surface area contributed by atoms with Crippen LogP contribution < -0.4 is 4.90 Å². The molecule has 2 nitrogen and oxygen atoms in total. The first kappa shape index (κ1) is 8.51. The van der Waals surface area contributed by atoms with Gasteiger partial charge in [-0.1, -0.05) is 0 Å². The summed E-state index contributed by atoms with van der Waals surface area (Å²) in [7, 11) is 2.00. The zero-order chi connectivity index (χ0) is 9.26. The maximum atomic E-state index is 12.6. The van der Waals surface area contributed by atoms with Crippen LogP contribution in [0, 0.1) is 5.82 Å². The van der Waals surface area contributed by atoms with E-state index < -0.39 is 0 Å². The Hall–Kier alpha value is -1.09. The summed E-state index contributed by atoms with van der Waals surface area (Å²) in [6.07, 6.45) is 0. The fourth-order valence-corrected chi connectivity index (χ4v) is 1.33. The number of benzene rings is 1. The molecule has 1 aliphatic rings. The molecule has 1 heterocycles. The first-order valence-corrected chi connectivity index (χ1v) is 4.33. The van der Waals surface area contributed by atoms with E-state index in [0.717, 1.165) is 18.9 Å². The van der Waals surface area contributed by atoms with E-state index in [1.165, 1.54) is 12.1 Å². The standard InChI is InChI=1S/C10H12FNO/c1-12(10-6-13-7-10)9-4-2-8(11)3-5-9/h2-5,10H,6-7H2,1H3. The molecule has 3 heteroatoms. The highest BCUT2D eigenvalue weighted by molar-refractivity contribution is 5.46. The minimum atomic E-state index is -0.193. The third-order valence-corrected chi connectivity index (χ3v) is 2.40. The summed E-state index contributed by atoms with van der Waals surface area (Å²) in [6.45, 7) is 1.54. The molecule has 0 aliphatic carbocycles. The van der Waals surface area contributed by atoms with Crippen molar-refractivity contribution >= 4 is 5.69 Å². The van der Waals surface area contributed by atoms with Gasteiger partial charge in [0.15, 0.2) is 0 Å². The van der Waals surface area contributed by atoms with Gasteiger partial charge in [0.2, 0.25) is 0 Å². The van der Waals surface area contributed by atoms with Crippen LogP contribution in [-0.2, 0) is 4.74 Å². The highest BCUT2D eigenvalue weighted by Gasteiger charge is 2.22. The Morgan fingerprint density at radius 2 is 1.92 bits per heavy atom. The monoisotopic (exact) mass is 181 g/mol. The molecule has 0 amide bonds. The molecule has 70 valence electrons. The van der Waals surface area contributed by atoms with Crippen LogP contribution >= 0.6 is 0 Å². The molecule has 0 radical (unpaired) electrons. The molecule has 1 saturated heterocycles. The third-order valence-electron chi connectivity index (χ3n) is 2.40. The first-order valence-electron chi connectivity index (χ1n) is 4.33. The Morgan fingerprint density at radius 3 is 2.38 bits per heavy atom. The van der Waals surface area contributed by atoms with E-state index in [1.807, 2.05) is 7.05 Å². The summed E-state index contributed by atoms with van der Waals surface area (Å²) >= 11 is 0. The van der Waals surface area contributed by atoms with Gasteiger partial charge >= 0.3 is 0 Å². The van der Waals surface area contributed by atoms with E-state index in [0.29, 0.717) is 6.04 Å². The van der Waals surface area contributed by atoms with Crippen molar-refractivity contribution in [2.45, 2.75) is 6.04 Å². The first-order chi connectivity index (χ1) is 6.27. The molecule has 0 bridgehead atoms. The smallest absolute Gasteiger partial charge is 0.123 e. The van der Waals surface area contributed by atoms with Crippen molar-refractivity contribution in [1.82, 2.24) is 0 Å². The van der Waals surface area contributed by atoms with Crippen molar-refractivity contribution in [3.05, 3.63) is 30.1 Å². The highest BCUT2D eigenvalue weighted by atomic mass is 19.1. The summed E-state index contributed by atoms with van der Waals surface area (Å²) in [5, 5.41) is 0. The quantitative estimate of drug-likeness (QED) is 0.688. The lowest BCUT2D eigenvalue weighted by atomic mass is 10.2. The summed E-state index contributed by atoms with van der Waals surface area (Å²) in [6, 6.07) is 6.98. The van der Waals surface area contributed by atoms with Crippen LogP contribution in [0.25, 0.3) is 0 Å². The number of anilines is 1. The van der Waals surface area contributed by atoms with E-state index in [2.05, 4.69) is 4.90 Å². The molecule has 0 spiro atoms. The van der Waals surface area contributed by atoms with Crippen LogP contribution in [0.3, 0.4) is 0 Å². The number of ether oxygens (including phenoxy) is 1. The third kappa shape index (κ3) is 1.65. The number of nitrogens with zero attached hydrogens (tertiary/aromatic N) is 1. The lowest BCUT2D eigenvalue weighted by Gasteiger charge is -2.36. The van der Waals surface area contributed by atoms with Crippen molar-refractivity contribution in [1.29, 1.82) is 0 Å². The van der Waals surface area contributed by atoms with Gasteiger partial charge in [-0.25, -0.2) is 4.39 Å². The van der Waals surface area contributed by atoms with Crippen LogP contribution in [0.15, 0.2) is 24.3 Å². The van der Waals surface area contributed by atoms with Crippen molar-refractivity contribution in [3.63, 3.8) is 0 Å². The second kappa shape index (κ2) is 3.34. The number of rotatable bonds is 2. The summed E-state index contributed by atoms with van der Waals surface area (Å²) in [4.78, 5) is 2.11. The van der Waals surface area contributed by atoms with Gasteiger partial charge in [-0.3, -0.25) is 0 Å². The van der Waals surface area contributed by atoms with Crippen molar-refractivity contribution in [3.8, 4) is 0 Å². The second-order valence-electron chi connectivity index (χ2n) is 3.28. The topological polar surface area (TPSA) is 12.5 Å². The van der Waals surface area contributed by atoms with Crippen LogP contribution in [0.4, 0.5) is 10.1 Å². The average molecular weight is 181 g/mol. The van der Waals surface area contributed by atoms with Crippen molar-refractivity contribution < 1.29 is 9.13 Å². The lowest BCUT2D eigenvalue weighted by Crippen LogP contribution is -2.47. The molecule has 1 aliphatic heterocycles. The normalized spacial score (nSPS) is 16.8. The van der Waals surface area contributed by atoms with E-state index in [4.69, 9.17) is 4.74 Å². The molecule has 0 aromatic heterocycles. The molecule has 1 fully saturated rings. The van der Waals surface area contributed by atoms with Crippen molar-refractivity contribution in [2.24, 2.45) is 0 Å². The maximum Gasteiger partial charge on any atom is 0.123 e. The fraction of sp³-hybridized carbons (Fsp3) is 0.400. The zero-order valence-corrected chi connectivity index (χ0v) is 7.53. The lowest BCUT2D eigenvalue weighted by molar-refractivity contribution is 0.0101. The van der Waals surface area contributed by atoms with Gasteiger partial charge in [0.05, 0.1) is 19.3 Å². The van der Waals surface area contributed by atoms with Gasteiger partial charge in [0.1, 0.15) is 5.82 Å². The van der Waals surface area contributed by atoms with Crippen molar-refractivity contribution in [2.75, 3.05) is 25.2 Å². The number of hydrogen-bond acceptors (Lipinski definition) is 2.